The summed E-state index contributed by atoms with van der Waals surface area (Å²) in [7, 11) is 0. The first-order valence-electron chi connectivity index (χ1n) is 9.01. The van der Waals surface area contributed by atoms with Gasteiger partial charge in [0.25, 0.3) is 0 Å². The van der Waals surface area contributed by atoms with E-state index in [1.54, 1.807) is 54.6 Å². The Labute approximate surface area is 193 Å². The number of halogens is 3. The predicted octanol–water partition coefficient (Wildman–Crippen LogP) is 6.08. The number of ether oxygens (including phenoxy) is 2. The maximum absolute atomic E-state index is 12.4. The molecule has 1 aliphatic rings. The molecule has 0 aromatic heterocycles. The Bertz CT molecular complexity index is 1280. The van der Waals surface area contributed by atoms with Crippen molar-refractivity contribution in [1.29, 1.82) is 5.26 Å². The van der Waals surface area contributed by atoms with Crippen molar-refractivity contribution in [3.63, 3.8) is 0 Å². The molecular formula is C23H13Cl3N2O3. The summed E-state index contributed by atoms with van der Waals surface area (Å²) in [5.41, 5.74) is 7.97. The summed E-state index contributed by atoms with van der Waals surface area (Å²) in [4.78, 5) is 12.4. The number of carbonyl (C=O) groups excluding carboxylic acids is 1. The van der Waals surface area contributed by atoms with Gasteiger partial charge in [-0.1, -0.05) is 53.0 Å². The second-order valence-corrected chi connectivity index (χ2v) is 7.95. The van der Waals surface area contributed by atoms with Gasteiger partial charge in [-0.3, -0.25) is 0 Å². The Morgan fingerprint density at radius 2 is 1.84 bits per heavy atom. The van der Waals surface area contributed by atoms with Gasteiger partial charge in [-0.2, -0.15) is 5.26 Å². The number of fused-ring (bicyclic) bond motifs is 1. The Morgan fingerprint density at radius 1 is 1.03 bits per heavy atom. The molecule has 3 aromatic rings. The molecule has 2 N–H and O–H groups in total. The smallest absolute Gasteiger partial charge is 0.343 e. The van der Waals surface area contributed by atoms with Gasteiger partial charge in [-0.15, -0.1) is 0 Å². The molecule has 0 spiro atoms. The molecule has 5 nitrogen and oxygen atoms in total. The SMILES string of the molecule is N#CC1=C(N)Oc2cc(OC(=O)c3cccc(Cl)c3)ccc2C1c1ccc(Cl)c(Cl)c1. The molecule has 1 heterocycles. The third kappa shape index (κ3) is 4.19. The average molecular weight is 472 g/mol. The highest BCUT2D eigenvalue weighted by Crippen LogP contribution is 2.44. The number of hydrogen-bond acceptors (Lipinski definition) is 5. The summed E-state index contributed by atoms with van der Waals surface area (Å²) in [6.45, 7) is 0. The summed E-state index contributed by atoms with van der Waals surface area (Å²) in [5.74, 6) is -0.500. The molecule has 1 atom stereocenters. The Hall–Kier alpha value is -3.17. The van der Waals surface area contributed by atoms with Gasteiger partial charge in [0, 0.05) is 16.7 Å². The van der Waals surface area contributed by atoms with E-state index in [9.17, 15) is 10.1 Å². The van der Waals surface area contributed by atoms with E-state index in [-0.39, 0.29) is 17.2 Å². The van der Waals surface area contributed by atoms with Crippen LogP contribution in [0.15, 0.2) is 72.1 Å². The van der Waals surface area contributed by atoms with E-state index in [4.69, 9.17) is 50.0 Å². The molecular weight excluding hydrogens is 459 g/mol. The zero-order valence-electron chi connectivity index (χ0n) is 15.7. The Morgan fingerprint density at radius 3 is 2.55 bits per heavy atom. The molecule has 0 amide bonds. The fourth-order valence-corrected chi connectivity index (χ4v) is 3.81. The van der Waals surface area contributed by atoms with Gasteiger partial charge in [0.1, 0.15) is 23.1 Å². The molecule has 0 fully saturated rings. The summed E-state index contributed by atoms with van der Waals surface area (Å²) in [6, 6.07) is 18.5. The monoisotopic (exact) mass is 470 g/mol. The number of allylic oxidation sites excluding steroid dienone is 1. The van der Waals surface area contributed by atoms with E-state index < -0.39 is 11.9 Å². The molecule has 8 heteroatoms. The van der Waals surface area contributed by atoms with Gasteiger partial charge < -0.3 is 15.2 Å². The summed E-state index contributed by atoms with van der Waals surface area (Å²) in [6.07, 6.45) is 0. The molecule has 0 aliphatic carbocycles. The molecule has 1 aliphatic heterocycles. The number of hydrogen-bond donors (Lipinski definition) is 1. The van der Waals surface area contributed by atoms with E-state index in [2.05, 4.69) is 6.07 Å². The number of nitrogens with zero attached hydrogens (tertiary/aromatic N) is 1. The van der Waals surface area contributed by atoms with Crippen LogP contribution in [0.25, 0.3) is 0 Å². The van der Waals surface area contributed by atoms with E-state index in [1.807, 2.05) is 0 Å². The normalized spacial score (nSPS) is 15.0. The molecule has 1 unspecified atom stereocenters. The van der Waals surface area contributed by atoms with Gasteiger partial charge in [-0.25, -0.2) is 4.79 Å². The highest BCUT2D eigenvalue weighted by Gasteiger charge is 2.31. The zero-order valence-corrected chi connectivity index (χ0v) is 18.0. The van der Waals surface area contributed by atoms with Gasteiger partial charge in [0.2, 0.25) is 5.88 Å². The maximum atomic E-state index is 12.4. The minimum Gasteiger partial charge on any atom is -0.440 e. The van der Waals surface area contributed by atoms with Crippen molar-refractivity contribution in [3.8, 4) is 17.6 Å². The quantitative estimate of drug-likeness (QED) is 0.369. The van der Waals surface area contributed by atoms with Crippen molar-refractivity contribution in [2.75, 3.05) is 0 Å². The van der Waals surface area contributed by atoms with Crippen molar-refractivity contribution < 1.29 is 14.3 Å². The van der Waals surface area contributed by atoms with Crippen LogP contribution < -0.4 is 15.2 Å². The Balaban J connectivity index is 1.71. The van der Waals surface area contributed by atoms with Gasteiger partial charge in [0.05, 0.1) is 21.5 Å². The fraction of sp³-hybridized carbons (Fsp3) is 0.0435. The van der Waals surface area contributed by atoms with Crippen LogP contribution in [0.2, 0.25) is 15.1 Å². The highest BCUT2D eigenvalue weighted by atomic mass is 35.5. The van der Waals surface area contributed by atoms with Crippen LogP contribution in [0, 0.1) is 11.3 Å². The second kappa shape index (κ2) is 8.52. The largest absolute Gasteiger partial charge is 0.440 e. The van der Waals surface area contributed by atoms with Crippen molar-refractivity contribution in [2.24, 2.45) is 5.73 Å². The lowest BCUT2D eigenvalue weighted by Crippen LogP contribution is -2.21. The van der Waals surface area contributed by atoms with Crippen LogP contribution in [-0.4, -0.2) is 5.97 Å². The average Bonchev–Trinajstić information content (AvgIpc) is 2.74. The predicted molar refractivity (Wildman–Crippen MR) is 119 cm³/mol. The topological polar surface area (TPSA) is 85.3 Å². The summed E-state index contributed by atoms with van der Waals surface area (Å²) < 4.78 is 11.1. The molecule has 0 saturated carbocycles. The molecule has 31 heavy (non-hydrogen) atoms. The third-order valence-corrected chi connectivity index (χ3v) is 5.71. The lowest BCUT2D eigenvalue weighted by Gasteiger charge is -2.27. The van der Waals surface area contributed by atoms with Crippen LogP contribution in [-0.2, 0) is 0 Å². The maximum Gasteiger partial charge on any atom is 0.343 e. The Kier molecular flexibility index (Phi) is 5.79. The van der Waals surface area contributed by atoms with Crippen LogP contribution in [0.3, 0.4) is 0 Å². The molecule has 0 bridgehead atoms. The van der Waals surface area contributed by atoms with Crippen molar-refractivity contribution >= 4 is 40.8 Å². The van der Waals surface area contributed by atoms with Gasteiger partial charge in [0.15, 0.2) is 0 Å². The van der Waals surface area contributed by atoms with E-state index in [0.717, 1.165) is 5.56 Å². The number of nitrogens with two attached hydrogens (primary N) is 1. The van der Waals surface area contributed by atoms with Crippen LogP contribution in [0.5, 0.6) is 11.5 Å². The summed E-state index contributed by atoms with van der Waals surface area (Å²) >= 11 is 18.1. The first kappa shape index (κ1) is 21.1. The number of carbonyl (C=O) groups is 1. The van der Waals surface area contributed by atoms with Crippen LogP contribution in [0.1, 0.15) is 27.4 Å². The van der Waals surface area contributed by atoms with Crippen molar-refractivity contribution in [2.45, 2.75) is 5.92 Å². The molecule has 4 rings (SSSR count). The first-order chi connectivity index (χ1) is 14.9. The molecule has 3 aromatic carbocycles. The molecule has 0 saturated heterocycles. The zero-order chi connectivity index (χ0) is 22.1. The number of nitriles is 1. The van der Waals surface area contributed by atoms with Crippen LogP contribution in [0.4, 0.5) is 0 Å². The first-order valence-corrected chi connectivity index (χ1v) is 10.1. The standard InChI is InChI=1S/C23H13Cl3N2O3/c24-14-3-1-2-13(8-14)23(29)30-15-5-6-16-20(10-15)31-22(28)17(11-27)21(16)12-4-7-18(25)19(26)9-12/h1-10,21H,28H2. The lowest BCUT2D eigenvalue weighted by molar-refractivity contribution is 0.0734. The number of benzene rings is 3. The minimum absolute atomic E-state index is 0.0376. The van der Waals surface area contributed by atoms with Gasteiger partial charge >= 0.3 is 5.97 Å². The summed E-state index contributed by atoms with van der Waals surface area (Å²) in [5, 5.41) is 10.8. The second-order valence-electron chi connectivity index (χ2n) is 6.70. The third-order valence-electron chi connectivity index (χ3n) is 4.74. The van der Waals surface area contributed by atoms with Gasteiger partial charge in [-0.05, 0) is 42.0 Å². The van der Waals surface area contributed by atoms with Crippen molar-refractivity contribution in [3.05, 3.63) is 104 Å². The molecule has 0 radical (unpaired) electrons. The van der Waals surface area contributed by atoms with Crippen molar-refractivity contribution in [1.82, 2.24) is 0 Å². The van der Waals surface area contributed by atoms with E-state index >= 15 is 0 Å². The number of rotatable bonds is 3. The highest BCUT2D eigenvalue weighted by molar-refractivity contribution is 6.42. The lowest BCUT2D eigenvalue weighted by atomic mass is 9.83. The van der Waals surface area contributed by atoms with E-state index in [1.165, 1.54) is 6.07 Å². The molecule has 154 valence electrons. The fourth-order valence-electron chi connectivity index (χ4n) is 3.32. The minimum atomic E-state index is -0.569. The number of esters is 1. The van der Waals surface area contributed by atoms with Crippen LogP contribution >= 0.6 is 34.8 Å². The van der Waals surface area contributed by atoms with E-state index in [0.29, 0.717) is 31.9 Å².